The van der Waals surface area contributed by atoms with Gasteiger partial charge in [0, 0.05) is 7.11 Å². The molecule has 0 fully saturated rings. The zero-order valence-corrected chi connectivity index (χ0v) is 23.5. The number of ether oxygens (including phenoxy) is 1. The van der Waals surface area contributed by atoms with Crippen LogP contribution in [-0.4, -0.2) is 44.3 Å². The largest absolute Gasteiger partial charge is 0.377 e. The van der Waals surface area contributed by atoms with E-state index in [4.69, 9.17) is 4.74 Å². The van der Waals surface area contributed by atoms with Crippen LogP contribution in [0.2, 0.25) is 0 Å². The van der Waals surface area contributed by atoms with Crippen LogP contribution in [0, 0.1) is 20.8 Å². The van der Waals surface area contributed by atoms with Crippen LogP contribution in [0.5, 0.6) is 0 Å². The zero-order valence-electron chi connectivity index (χ0n) is 20.2. The third-order valence-electron chi connectivity index (χ3n) is 4.73. The summed E-state index contributed by atoms with van der Waals surface area (Å²) >= 11 is 2.57. The Balaban J connectivity index is 0.000000202. The Kier molecular flexibility index (Phi) is 9.41. The van der Waals surface area contributed by atoms with Crippen molar-refractivity contribution in [1.82, 2.24) is 20.4 Å². The summed E-state index contributed by atoms with van der Waals surface area (Å²) in [5.74, 6) is -0.209. The molecular formula is C23H26N4O5S4. The summed E-state index contributed by atoms with van der Waals surface area (Å²) in [4.78, 5) is 0.637. The van der Waals surface area contributed by atoms with Gasteiger partial charge in [0.15, 0.2) is 19.7 Å². The number of hydrogen-bond donors (Lipinski definition) is 0. The normalized spacial score (nSPS) is 11.7. The highest BCUT2D eigenvalue weighted by Gasteiger charge is 2.19. The Bertz CT molecular complexity index is 1490. The van der Waals surface area contributed by atoms with Crippen molar-refractivity contribution in [2.75, 3.05) is 7.11 Å². The van der Waals surface area contributed by atoms with Gasteiger partial charge >= 0.3 is 0 Å². The zero-order chi connectivity index (χ0) is 26.3. The molecule has 0 atom stereocenters. The van der Waals surface area contributed by atoms with E-state index in [9.17, 15) is 16.8 Å². The van der Waals surface area contributed by atoms with Crippen LogP contribution >= 0.6 is 22.7 Å². The minimum Gasteiger partial charge on any atom is -0.377 e. The van der Waals surface area contributed by atoms with Gasteiger partial charge in [0.2, 0.25) is 0 Å². The van der Waals surface area contributed by atoms with Crippen LogP contribution in [0.3, 0.4) is 0 Å². The third-order valence-corrected chi connectivity index (χ3v) is 10.1. The summed E-state index contributed by atoms with van der Waals surface area (Å²) in [6.07, 6.45) is 0. The van der Waals surface area contributed by atoms with Gasteiger partial charge in [-0.25, -0.2) is 16.8 Å². The number of aromatic nitrogens is 4. The average molecular weight is 567 g/mol. The molecule has 4 aromatic rings. The van der Waals surface area contributed by atoms with Gasteiger partial charge in [0.1, 0.15) is 31.5 Å². The van der Waals surface area contributed by atoms with Crippen LogP contribution in [-0.2, 0) is 42.5 Å². The van der Waals surface area contributed by atoms with Gasteiger partial charge in [0.05, 0.1) is 16.4 Å². The molecule has 0 radical (unpaired) electrons. The molecule has 2 aromatic carbocycles. The molecule has 0 bridgehead atoms. The molecule has 0 N–H and O–H groups in total. The van der Waals surface area contributed by atoms with Gasteiger partial charge in [0.25, 0.3) is 0 Å². The standard InChI is InChI=1S/C12H14N2O3S2.C11H12N2O2S2/c1-9-3-5-10(6-4-9)19(15,16)8-12-14-13-11(18-12)7-17-2;1-8-3-5-10(6-4-8)17(14,15)7-11-13-12-9(2)16-11/h3-6H,7-8H2,1-2H3;3-6H,7H2,1-2H3. The smallest absolute Gasteiger partial charge is 0.184 e. The van der Waals surface area contributed by atoms with Gasteiger partial charge in [-0.2, -0.15) is 0 Å². The number of nitrogens with zero attached hydrogens (tertiary/aromatic N) is 4. The van der Waals surface area contributed by atoms with Crippen molar-refractivity contribution in [2.24, 2.45) is 0 Å². The van der Waals surface area contributed by atoms with E-state index in [1.807, 2.05) is 13.8 Å². The summed E-state index contributed by atoms with van der Waals surface area (Å²) in [5, 5.41) is 17.9. The van der Waals surface area contributed by atoms with Crippen LogP contribution in [0.15, 0.2) is 58.3 Å². The minimum atomic E-state index is -3.36. The monoisotopic (exact) mass is 566 g/mol. The first kappa shape index (κ1) is 28.0. The topological polar surface area (TPSA) is 129 Å². The van der Waals surface area contributed by atoms with Crippen molar-refractivity contribution in [2.45, 2.75) is 48.7 Å². The van der Waals surface area contributed by atoms with E-state index in [1.54, 1.807) is 62.6 Å². The molecule has 0 unspecified atom stereocenters. The van der Waals surface area contributed by atoms with Gasteiger partial charge in [-0.05, 0) is 45.0 Å². The van der Waals surface area contributed by atoms with Crippen molar-refractivity contribution in [3.05, 3.63) is 79.7 Å². The fourth-order valence-electron chi connectivity index (χ4n) is 2.91. The fourth-order valence-corrected chi connectivity index (χ4v) is 7.63. The second-order valence-electron chi connectivity index (χ2n) is 7.88. The van der Waals surface area contributed by atoms with Crippen LogP contribution in [0.4, 0.5) is 0 Å². The molecule has 0 aliphatic carbocycles. The molecule has 0 saturated carbocycles. The molecule has 0 amide bonds. The molecule has 13 heteroatoms. The van der Waals surface area contributed by atoms with Crippen molar-refractivity contribution in [3.63, 3.8) is 0 Å². The maximum absolute atomic E-state index is 12.2. The van der Waals surface area contributed by atoms with Gasteiger partial charge in [-0.15, -0.1) is 31.7 Å². The van der Waals surface area contributed by atoms with Gasteiger partial charge in [-0.1, -0.05) is 46.7 Å². The Morgan fingerprint density at radius 3 is 1.47 bits per heavy atom. The first-order valence-corrected chi connectivity index (χ1v) is 15.6. The molecule has 2 heterocycles. The lowest BCUT2D eigenvalue weighted by Gasteiger charge is -2.02. The Hall–Kier alpha value is -2.58. The second kappa shape index (κ2) is 12.1. The molecule has 0 aliphatic heterocycles. The van der Waals surface area contributed by atoms with E-state index in [1.165, 1.54) is 22.7 Å². The molecule has 0 aliphatic rings. The number of hydrogen-bond acceptors (Lipinski definition) is 11. The third kappa shape index (κ3) is 7.96. The number of benzene rings is 2. The summed E-state index contributed by atoms with van der Waals surface area (Å²) < 4.78 is 53.4. The molecule has 192 valence electrons. The molecule has 4 rings (SSSR count). The number of sulfone groups is 2. The van der Waals surface area contributed by atoms with Crippen molar-refractivity contribution < 1.29 is 21.6 Å². The number of aryl methyl sites for hydroxylation is 3. The van der Waals surface area contributed by atoms with Gasteiger partial charge < -0.3 is 4.74 Å². The lowest BCUT2D eigenvalue weighted by molar-refractivity contribution is 0.184. The quantitative estimate of drug-likeness (QED) is 0.309. The SMILES string of the molecule is COCc1nnc(CS(=O)(=O)c2ccc(C)cc2)s1.Cc1ccc(S(=O)(=O)Cc2nnc(C)s2)cc1. The highest BCUT2D eigenvalue weighted by molar-refractivity contribution is 7.91. The second-order valence-corrected chi connectivity index (χ2v) is 14.3. The predicted molar refractivity (Wildman–Crippen MR) is 139 cm³/mol. The molecule has 0 spiro atoms. The summed E-state index contributed by atoms with van der Waals surface area (Å²) in [6, 6.07) is 13.6. The van der Waals surface area contributed by atoms with E-state index in [-0.39, 0.29) is 11.5 Å². The maximum atomic E-state index is 12.2. The molecule has 36 heavy (non-hydrogen) atoms. The fraction of sp³-hybridized carbons (Fsp3) is 0.304. The van der Waals surface area contributed by atoms with E-state index in [0.717, 1.165) is 16.1 Å². The Morgan fingerprint density at radius 2 is 1.06 bits per heavy atom. The Morgan fingerprint density at radius 1 is 0.639 bits per heavy atom. The summed E-state index contributed by atoms with van der Waals surface area (Å²) in [5.41, 5.74) is 2.06. The van der Waals surface area contributed by atoms with E-state index in [0.29, 0.717) is 31.4 Å². The van der Waals surface area contributed by atoms with Crippen LogP contribution < -0.4 is 0 Å². The van der Waals surface area contributed by atoms with Crippen molar-refractivity contribution in [1.29, 1.82) is 0 Å². The first-order valence-electron chi connectivity index (χ1n) is 10.7. The first-order chi connectivity index (χ1) is 17.0. The number of methoxy groups -OCH3 is 1. The summed E-state index contributed by atoms with van der Waals surface area (Å²) in [6.45, 7) is 5.99. The minimum absolute atomic E-state index is 0.0818. The lowest BCUT2D eigenvalue weighted by atomic mass is 10.2. The highest BCUT2D eigenvalue weighted by Crippen LogP contribution is 2.20. The Labute approximate surface area is 219 Å². The molecule has 9 nitrogen and oxygen atoms in total. The van der Waals surface area contributed by atoms with Gasteiger partial charge in [-0.3, -0.25) is 0 Å². The van der Waals surface area contributed by atoms with E-state index < -0.39 is 19.7 Å². The lowest BCUT2D eigenvalue weighted by Crippen LogP contribution is -2.04. The van der Waals surface area contributed by atoms with E-state index >= 15 is 0 Å². The molecular weight excluding hydrogens is 541 g/mol. The van der Waals surface area contributed by atoms with Crippen LogP contribution in [0.1, 0.15) is 31.2 Å². The molecule has 2 aromatic heterocycles. The average Bonchev–Trinajstić information content (AvgIpc) is 3.42. The molecule has 0 saturated heterocycles. The van der Waals surface area contributed by atoms with Crippen molar-refractivity contribution in [3.8, 4) is 0 Å². The summed E-state index contributed by atoms with van der Waals surface area (Å²) in [7, 11) is -5.11. The predicted octanol–water partition coefficient (Wildman–Crippen LogP) is 4.10. The van der Waals surface area contributed by atoms with Crippen molar-refractivity contribution >= 4 is 42.3 Å². The maximum Gasteiger partial charge on any atom is 0.184 e. The van der Waals surface area contributed by atoms with Crippen LogP contribution in [0.25, 0.3) is 0 Å². The number of rotatable bonds is 8. The van der Waals surface area contributed by atoms with E-state index in [2.05, 4.69) is 20.4 Å². The highest BCUT2D eigenvalue weighted by atomic mass is 32.2.